The van der Waals surface area contributed by atoms with E-state index in [0.29, 0.717) is 0 Å². The summed E-state index contributed by atoms with van der Waals surface area (Å²) >= 11 is 0. The summed E-state index contributed by atoms with van der Waals surface area (Å²) in [5.74, 6) is -3.37. The number of aliphatic carboxylic acids is 1. The average molecular weight is 188 g/mol. The number of hydrogen-bond acceptors (Lipinski definition) is 5. The molecule has 0 aromatic heterocycles. The van der Waals surface area contributed by atoms with E-state index in [0.717, 1.165) is 6.20 Å². The van der Waals surface area contributed by atoms with Gasteiger partial charge in [0.05, 0.1) is 11.1 Å². The van der Waals surface area contributed by atoms with Crippen LogP contribution in [0.2, 0.25) is 0 Å². The highest BCUT2D eigenvalue weighted by atomic mass is 16.6. The molecule has 0 fully saturated rings. The number of carboxylic acid groups (broad SMARTS) is 1. The number of ketones is 1. The van der Waals surface area contributed by atoms with Crippen molar-refractivity contribution in [2.45, 2.75) is 0 Å². The molecule has 0 amide bonds. The normalized spacial score (nSPS) is 10.8. The molecule has 13 heavy (non-hydrogen) atoms. The van der Waals surface area contributed by atoms with E-state index >= 15 is 0 Å². The van der Waals surface area contributed by atoms with Gasteiger partial charge in [-0.3, -0.25) is 14.9 Å². The molecule has 0 aromatic rings. The van der Waals surface area contributed by atoms with Crippen LogP contribution in [-0.2, 0) is 9.59 Å². The van der Waals surface area contributed by atoms with E-state index in [1.165, 1.54) is 19.0 Å². The topological polar surface area (TPSA) is 101 Å². The third-order valence-electron chi connectivity index (χ3n) is 1.00. The number of Topliss-reactive ketones (excluding diaryl/α,β-unsaturated/α-hetero) is 1. The Morgan fingerprint density at radius 1 is 1.46 bits per heavy atom. The van der Waals surface area contributed by atoms with Gasteiger partial charge in [0.2, 0.25) is 0 Å². The molecular weight excluding hydrogens is 180 g/mol. The van der Waals surface area contributed by atoms with Gasteiger partial charge in [-0.2, -0.15) is 0 Å². The van der Waals surface area contributed by atoms with Gasteiger partial charge in [-0.1, -0.05) is 0 Å². The fourth-order valence-corrected chi connectivity index (χ4v) is 0.543. The Kier molecular flexibility index (Phi) is 3.57. The van der Waals surface area contributed by atoms with Crippen molar-refractivity contribution in [3.8, 4) is 0 Å². The summed E-state index contributed by atoms with van der Waals surface area (Å²) in [6.45, 7) is 0. The SMILES string of the molecule is CN(C)/C=C(/C(=O)C(=O)O)[N+](=O)[O-]. The fourth-order valence-electron chi connectivity index (χ4n) is 0.543. The lowest BCUT2D eigenvalue weighted by Gasteiger charge is -2.02. The molecule has 0 aliphatic carbocycles. The van der Waals surface area contributed by atoms with Crippen LogP contribution < -0.4 is 0 Å². The lowest BCUT2D eigenvalue weighted by atomic mass is 10.3. The van der Waals surface area contributed by atoms with Crippen molar-refractivity contribution in [2.75, 3.05) is 14.1 Å². The second-order valence-corrected chi connectivity index (χ2v) is 2.37. The molecular formula is C6H8N2O5. The van der Waals surface area contributed by atoms with E-state index in [9.17, 15) is 19.7 Å². The zero-order valence-corrected chi connectivity index (χ0v) is 7.05. The number of nitro groups is 1. The van der Waals surface area contributed by atoms with Crippen LogP contribution in [0.3, 0.4) is 0 Å². The first-order valence-electron chi connectivity index (χ1n) is 3.16. The molecule has 0 saturated heterocycles. The zero-order valence-electron chi connectivity index (χ0n) is 7.05. The minimum atomic E-state index is -1.84. The van der Waals surface area contributed by atoms with Gasteiger partial charge in [0.25, 0.3) is 0 Å². The molecule has 0 aliphatic rings. The molecule has 7 nitrogen and oxygen atoms in total. The Bertz CT molecular complexity index is 281. The second-order valence-electron chi connectivity index (χ2n) is 2.37. The standard InChI is InChI=1S/C6H8N2O5/c1-7(2)3-4(8(12)13)5(9)6(10)11/h3H,1-2H3,(H,10,11)/b4-3-. The van der Waals surface area contributed by atoms with Crippen LogP contribution in [0.25, 0.3) is 0 Å². The fraction of sp³-hybridized carbons (Fsp3) is 0.333. The van der Waals surface area contributed by atoms with E-state index in [1.807, 2.05) is 0 Å². The van der Waals surface area contributed by atoms with Gasteiger partial charge in [-0.25, -0.2) is 4.79 Å². The van der Waals surface area contributed by atoms with E-state index in [2.05, 4.69) is 0 Å². The number of carbonyl (C=O) groups is 2. The van der Waals surface area contributed by atoms with Crippen molar-refractivity contribution in [3.63, 3.8) is 0 Å². The summed E-state index contributed by atoms with van der Waals surface area (Å²) < 4.78 is 0. The van der Waals surface area contributed by atoms with Gasteiger partial charge in [0.15, 0.2) is 0 Å². The van der Waals surface area contributed by atoms with Gasteiger partial charge in [0, 0.05) is 14.1 Å². The summed E-state index contributed by atoms with van der Waals surface area (Å²) in [4.78, 5) is 31.2. The molecule has 0 aliphatic heterocycles. The minimum absolute atomic E-state index is 0.844. The number of carbonyl (C=O) groups excluding carboxylic acids is 1. The van der Waals surface area contributed by atoms with Crippen molar-refractivity contribution < 1.29 is 19.6 Å². The van der Waals surface area contributed by atoms with Crippen LogP contribution in [0, 0.1) is 10.1 Å². The van der Waals surface area contributed by atoms with E-state index in [4.69, 9.17) is 5.11 Å². The second kappa shape index (κ2) is 4.19. The highest BCUT2D eigenvalue weighted by molar-refractivity contribution is 6.38. The van der Waals surface area contributed by atoms with E-state index < -0.39 is 22.4 Å². The smallest absolute Gasteiger partial charge is 0.384 e. The van der Waals surface area contributed by atoms with Crippen LogP contribution >= 0.6 is 0 Å². The molecule has 0 heterocycles. The third-order valence-corrected chi connectivity index (χ3v) is 1.00. The first-order valence-corrected chi connectivity index (χ1v) is 3.16. The molecule has 1 N–H and O–H groups in total. The van der Waals surface area contributed by atoms with Crippen molar-refractivity contribution in [1.82, 2.24) is 4.90 Å². The zero-order chi connectivity index (χ0) is 10.6. The van der Waals surface area contributed by atoms with Gasteiger partial charge in [0.1, 0.15) is 0 Å². The summed E-state index contributed by atoms with van der Waals surface area (Å²) in [6.07, 6.45) is 0.844. The largest absolute Gasteiger partial charge is 0.475 e. The first kappa shape index (κ1) is 11.1. The number of carboxylic acids is 1. The first-order chi connectivity index (χ1) is 5.86. The summed E-state index contributed by atoms with van der Waals surface area (Å²) in [5.41, 5.74) is -0.961. The summed E-state index contributed by atoms with van der Waals surface area (Å²) in [7, 11) is 2.89. The highest BCUT2D eigenvalue weighted by Gasteiger charge is 2.28. The maximum atomic E-state index is 10.7. The summed E-state index contributed by atoms with van der Waals surface area (Å²) in [5, 5.41) is 18.4. The Balaban J connectivity index is 4.94. The Morgan fingerprint density at radius 3 is 2.15 bits per heavy atom. The molecule has 72 valence electrons. The Labute approximate surface area is 73.4 Å². The predicted molar refractivity (Wildman–Crippen MR) is 41.4 cm³/mol. The van der Waals surface area contributed by atoms with Gasteiger partial charge < -0.3 is 10.0 Å². The van der Waals surface area contributed by atoms with Crippen molar-refractivity contribution in [3.05, 3.63) is 22.0 Å². The van der Waals surface area contributed by atoms with Gasteiger partial charge >= 0.3 is 17.4 Å². The van der Waals surface area contributed by atoms with Crippen LogP contribution in [0.4, 0.5) is 0 Å². The molecule has 0 radical (unpaired) electrons. The van der Waals surface area contributed by atoms with Gasteiger partial charge in [-0.15, -0.1) is 0 Å². The maximum Gasteiger partial charge on any atom is 0.384 e. The summed E-state index contributed by atoms with van der Waals surface area (Å²) in [6, 6.07) is 0. The lowest BCUT2D eigenvalue weighted by Crippen LogP contribution is -2.22. The minimum Gasteiger partial charge on any atom is -0.475 e. The Hall–Kier alpha value is -1.92. The number of hydrogen-bond donors (Lipinski definition) is 1. The molecule has 7 heteroatoms. The molecule has 0 atom stereocenters. The average Bonchev–Trinajstić information content (AvgIpc) is 1.97. The monoisotopic (exact) mass is 188 g/mol. The van der Waals surface area contributed by atoms with Gasteiger partial charge in [-0.05, 0) is 0 Å². The molecule has 0 aromatic carbocycles. The molecule has 0 unspecified atom stereocenters. The quantitative estimate of drug-likeness (QED) is 0.271. The van der Waals surface area contributed by atoms with Crippen molar-refractivity contribution in [1.29, 1.82) is 0 Å². The molecule has 0 saturated carbocycles. The van der Waals surface area contributed by atoms with Crippen LogP contribution in [0.15, 0.2) is 11.9 Å². The van der Waals surface area contributed by atoms with Crippen molar-refractivity contribution >= 4 is 11.8 Å². The number of rotatable bonds is 4. The number of nitrogens with zero attached hydrogens (tertiary/aromatic N) is 2. The van der Waals surface area contributed by atoms with Crippen LogP contribution in [0.5, 0.6) is 0 Å². The van der Waals surface area contributed by atoms with Crippen LogP contribution in [0.1, 0.15) is 0 Å². The molecule has 0 rings (SSSR count). The third kappa shape index (κ3) is 3.32. The van der Waals surface area contributed by atoms with E-state index in [-0.39, 0.29) is 0 Å². The maximum absolute atomic E-state index is 10.7. The highest BCUT2D eigenvalue weighted by Crippen LogP contribution is 1.98. The Morgan fingerprint density at radius 2 is 1.92 bits per heavy atom. The lowest BCUT2D eigenvalue weighted by molar-refractivity contribution is -0.419. The van der Waals surface area contributed by atoms with E-state index in [1.54, 1.807) is 0 Å². The van der Waals surface area contributed by atoms with Crippen molar-refractivity contribution in [2.24, 2.45) is 0 Å². The predicted octanol–water partition coefficient (Wildman–Crippen LogP) is -0.680. The molecule has 0 spiro atoms. The molecule has 0 bridgehead atoms. The van der Waals surface area contributed by atoms with Crippen LogP contribution in [-0.4, -0.2) is 40.8 Å².